The van der Waals surface area contributed by atoms with E-state index in [2.05, 4.69) is 0 Å². The van der Waals surface area contributed by atoms with E-state index in [-0.39, 0.29) is 12.5 Å². The van der Waals surface area contributed by atoms with Crippen LogP contribution in [-0.2, 0) is 4.79 Å². The average molecular weight is 275 g/mol. The third-order valence-electron chi connectivity index (χ3n) is 2.92. The largest absolute Gasteiger partial charge is 0.370 e. The second-order valence-electron chi connectivity index (χ2n) is 4.38. The minimum Gasteiger partial charge on any atom is -0.370 e. The van der Waals surface area contributed by atoms with Gasteiger partial charge in [-0.15, -0.1) is 0 Å². The highest BCUT2D eigenvalue weighted by molar-refractivity contribution is 6.33. The summed E-state index contributed by atoms with van der Waals surface area (Å²) >= 11 is 6.17. The van der Waals surface area contributed by atoms with Crippen LogP contribution in [0, 0.1) is 0 Å². The summed E-state index contributed by atoms with van der Waals surface area (Å²) < 4.78 is 0. The normalized spacial score (nSPS) is 12.1. The van der Waals surface area contributed by atoms with Crippen molar-refractivity contribution in [2.45, 2.75) is 12.5 Å². The molecule has 0 aliphatic heterocycles. The minimum absolute atomic E-state index is 0.131. The Kier molecular flexibility index (Phi) is 4.20. The molecular formula is C15H15ClN2O. The van der Waals surface area contributed by atoms with E-state index in [4.69, 9.17) is 23.1 Å². The summed E-state index contributed by atoms with van der Waals surface area (Å²) in [5.41, 5.74) is 13.9. The summed E-state index contributed by atoms with van der Waals surface area (Å²) in [5.74, 6) is -0.407. The Bertz CT molecular complexity index is 598. The maximum absolute atomic E-state index is 10.9. The van der Waals surface area contributed by atoms with Crippen molar-refractivity contribution in [2.75, 3.05) is 0 Å². The molecule has 1 atom stereocenters. The van der Waals surface area contributed by atoms with Crippen LogP contribution >= 0.6 is 11.6 Å². The Morgan fingerprint density at radius 3 is 2.58 bits per heavy atom. The lowest BCUT2D eigenvalue weighted by molar-refractivity contribution is -0.118. The fraction of sp³-hybridized carbons (Fsp3) is 0.133. The first-order valence-corrected chi connectivity index (χ1v) is 6.34. The van der Waals surface area contributed by atoms with Crippen LogP contribution in [0.5, 0.6) is 0 Å². The Morgan fingerprint density at radius 2 is 1.89 bits per heavy atom. The van der Waals surface area contributed by atoms with Crippen molar-refractivity contribution in [1.82, 2.24) is 0 Å². The van der Waals surface area contributed by atoms with Gasteiger partial charge in [0.25, 0.3) is 0 Å². The van der Waals surface area contributed by atoms with Crippen molar-refractivity contribution in [2.24, 2.45) is 11.5 Å². The van der Waals surface area contributed by atoms with Gasteiger partial charge in [-0.05, 0) is 23.3 Å². The second-order valence-corrected chi connectivity index (χ2v) is 4.79. The molecule has 0 aliphatic rings. The topological polar surface area (TPSA) is 69.1 Å². The molecule has 2 aromatic carbocycles. The van der Waals surface area contributed by atoms with Crippen molar-refractivity contribution >= 4 is 17.5 Å². The molecule has 0 fully saturated rings. The monoisotopic (exact) mass is 274 g/mol. The molecule has 0 aliphatic carbocycles. The molecule has 1 amide bonds. The van der Waals surface area contributed by atoms with Gasteiger partial charge in [0, 0.05) is 23.0 Å². The molecule has 0 saturated heterocycles. The summed E-state index contributed by atoms with van der Waals surface area (Å²) in [6.45, 7) is 0. The number of rotatable bonds is 4. The zero-order valence-electron chi connectivity index (χ0n) is 10.3. The van der Waals surface area contributed by atoms with Crippen molar-refractivity contribution in [3.8, 4) is 11.1 Å². The van der Waals surface area contributed by atoms with Gasteiger partial charge in [0.15, 0.2) is 0 Å². The fourth-order valence-electron chi connectivity index (χ4n) is 1.97. The van der Waals surface area contributed by atoms with Crippen LogP contribution in [0.4, 0.5) is 0 Å². The summed E-state index contributed by atoms with van der Waals surface area (Å²) in [7, 11) is 0. The Hall–Kier alpha value is -1.84. The van der Waals surface area contributed by atoms with Gasteiger partial charge in [0.1, 0.15) is 0 Å². The van der Waals surface area contributed by atoms with Crippen molar-refractivity contribution in [1.29, 1.82) is 0 Å². The number of carbonyl (C=O) groups is 1. The van der Waals surface area contributed by atoms with Gasteiger partial charge in [-0.1, -0.05) is 48.0 Å². The molecule has 0 spiro atoms. The molecule has 4 heteroatoms. The van der Waals surface area contributed by atoms with Gasteiger partial charge in [-0.25, -0.2) is 0 Å². The van der Waals surface area contributed by atoms with E-state index >= 15 is 0 Å². The molecule has 1 unspecified atom stereocenters. The Labute approximate surface area is 117 Å². The first kappa shape index (κ1) is 13.6. The van der Waals surface area contributed by atoms with E-state index in [1.165, 1.54) is 0 Å². The van der Waals surface area contributed by atoms with Crippen molar-refractivity contribution < 1.29 is 4.79 Å². The van der Waals surface area contributed by atoms with Gasteiger partial charge in [0.05, 0.1) is 0 Å². The van der Waals surface area contributed by atoms with Crippen LogP contribution in [0.15, 0.2) is 48.5 Å². The number of hydrogen-bond donors (Lipinski definition) is 2. The Balaban J connectivity index is 2.34. The smallest absolute Gasteiger partial charge is 0.219 e. The summed E-state index contributed by atoms with van der Waals surface area (Å²) in [6, 6.07) is 14.9. The highest BCUT2D eigenvalue weighted by Crippen LogP contribution is 2.29. The third-order valence-corrected chi connectivity index (χ3v) is 3.25. The van der Waals surface area contributed by atoms with Crippen molar-refractivity contribution in [3.05, 3.63) is 59.1 Å². The van der Waals surface area contributed by atoms with Gasteiger partial charge >= 0.3 is 0 Å². The molecular weight excluding hydrogens is 260 g/mol. The first-order chi connectivity index (χ1) is 9.08. The van der Waals surface area contributed by atoms with Crippen LogP contribution < -0.4 is 11.5 Å². The highest BCUT2D eigenvalue weighted by atomic mass is 35.5. The molecule has 0 bridgehead atoms. The maximum atomic E-state index is 10.9. The molecule has 3 nitrogen and oxygen atoms in total. The van der Waals surface area contributed by atoms with Crippen LogP contribution in [0.2, 0.25) is 5.02 Å². The third kappa shape index (κ3) is 3.34. The number of primary amides is 1. The lowest BCUT2D eigenvalue weighted by Crippen LogP contribution is -2.20. The molecule has 0 heterocycles. The molecule has 0 radical (unpaired) electrons. The number of nitrogens with two attached hydrogens (primary N) is 2. The van der Waals surface area contributed by atoms with E-state index in [1.807, 2.05) is 48.5 Å². The number of halogens is 1. The van der Waals surface area contributed by atoms with Gasteiger partial charge in [-0.2, -0.15) is 0 Å². The predicted molar refractivity (Wildman–Crippen MR) is 77.6 cm³/mol. The van der Waals surface area contributed by atoms with Gasteiger partial charge in [0.2, 0.25) is 5.91 Å². The quantitative estimate of drug-likeness (QED) is 0.900. The first-order valence-electron chi connectivity index (χ1n) is 5.96. The highest BCUT2D eigenvalue weighted by Gasteiger charge is 2.11. The molecule has 2 aromatic rings. The molecule has 0 aromatic heterocycles. The zero-order chi connectivity index (χ0) is 13.8. The zero-order valence-corrected chi connectivity index (χ0v) is 11.1. The molecule has 98 valence electrons. The van der Waals surface area contributed by atoms with Crippen LogP contribution in [-0.4, -0.2) is 5.91 Å². The fourth-order valence-corrected chi connectivity index (χ4v) is 2.21. The number of carbonyl (C=O) groups excluding carboxylic acids is 1. The SMILES string of the molecule is NC(=O)CC(N)c1cccc(-c2ccccc2Cl)c1. The molecule has 4 N–H and O–H groups in total. The van der Waals surface area contributed by atoms with E-state index < -0.39 is 5.91 Å². The molecule has 0 saturated carbocycles. The minimum atomic E-state index is -0.407. The lowest BCUT2D eigenvalue weighted by Gasteiger charge is -2.12. The van der Waals surface area contributed by atoms with Crippen LogP contribution in [0.3, 0.4) is 0 Å². The summed E-state index contributed by atoms with van der Waals surface area (Å²) in [6.07, 6.45) is 0.131. The Morgan fingerprint density at radius 1 is 1.16 bits per heavy atom. The van der Waals surface area contributed by atoms with E-state index in [0.29, 0.717) is 5.02 Å². The van der Waals surface area contributed by atoms with E-state index in [1.54, 1.807) is 0 Å². The van der Waals surface area contributed by atoms with Gasteiger partial charge in [-0.3, -0.25) is 4.79 Å². The number of hydrogen-bond acceptors (Lipinski definition) is 2. The van der Waals surface area contributed by atoms with Crippen LogP contribution in [0.25, 0.3) is 11.1 Å². The summed E-state index contributed by atoms with van der Waals surface area (Å²) in [5, 5.41) is 0.683. The van der Waals surface area contributed by atoms with E-state index in [0.717, 1.165) is 16.7 Å². The standard InChI is InChI=1S/C15H15ClN2O/c16-13-7-2-1-6-12(13)10-4-3-5-11(8-10)14(17)9-15(18)19/h1-8,14H,9,17H2,(H2,18,19). The number of amides is 1. The average Bonchev–Trinajstić information content (AvgIpc) is 2.38. The van der Waals surface area contributed by atoms with Gasteiger partial charge < -0.3 is 11.5 Å². The second kappa shape index (κ2) is 5.87. The lowest BCUT2D eigenvalue weighted by atomic mass is 9.98. The maximum Gasteiger partial charge on any atom is 0.219 e. The number of benzene rings is 2. The molecule has 19 heavy (non-hydrogen) atoms. The van der Waals surface area contributed by atoms with E-state index in [9.17, 15) is 4.79 Å². The predicted octanol–water partition coefficient (Wildman–Crippen LogP) is 2.88. The molecule has 2 rings (SSSR count). The summed E-state index contributed by atoms with van der Waals surface area (Å²) in [4.78, 5) is 10.9. The van der Waals surface area contributed by atoms with Crippen LogP contribution in [0.1, 0.15) is 18.0 Å². The van der Waals surface area contributed by atoms with Crippen molar-refractivity contribution in [3.63, 3.8) is 0 Å².